The van der Waals surface area contributed by atoms with Crippen LogP contribution >= 0.6 is 0 Å². The van der Waals surface area contributed by atoms with Crippen molar-refractivity contribution >= 4 is 17.3 Å². The number of nitrogens with zero attached hydrogens (tertiary/aromatic N) is 5. The zero-order chi connectivity index (χ0) is 17.7. The van der Waals surface area contributed by atoms with E-state index in [0.717, 1.165) is 49.1 Å². The molecule has 0 saturated carbocycles. The van der Waals surface area contributed by atoms with Crippen molar-refractivity contribution in [3.8, 4) is 0 Å². The predicted octanol–water partition coefficient (Wildman–Crippen LogP) is 3.43. The second-order valence-electron chi connectivity index (χ2n) is 8.34. The number of benzene rings is 1. The van der Waals surface area contributed by atoms with Crippen LogP contribution in [0.3, 0.4) is 0 Å². The van der Waals surface area contributed by atoms with E-state index < -0.39 is 0 Å². The van der Waals surface area contributed by atoms with E-state index in [0.29, 0.717) is 12.0 Å². The van der Waals surface area contributed by atoms with Crippen molar-refractivity contribution in [3.63, 3.8) is 0 Å². The number of amidine groups is 1. The maximum atomic E-state index is 4.92. The van der Waals surface area contributed by atoms with Gasteiger partial charge in [0.15, 0.2) is 5.84 Å². The van der Waals surface area contributed by atoms with Crippen LogP contribution in [0.5, 0.6) is 0 Å². The third kappa shape index (κ3) is 2.57. The Bertz CT molecular complexity index is 876. The molecular weight excluding hydrogens is 322 g/mol. The Hall–Kier alpha value is -2.43. The Morgan fingerprint density at radius 2 is 1.85 bits per heavy atom. The zero-order valence-electron chi connectivity index (χ0n) is 15.6. The first-order chi connectivity index (χ1) is 12.6. The summed E-state index contributed by atoms with van der Waals surface area (Å²) in [7, 11) is 0. The van der Waals surface area contributed by atoms with Gasteiger partial charge < -0.3 is 9.80 Å². The Labute approximate surface area is 154 Å². The number of fused-ring (bicyclic) bond motifs is 2. The van der Waals surface area contributed by atoms with Crippen LogP contribution in [0.4, 0.5) is 11.5 Å². The second kappa shape index (κ2) is 5.79. The number of hydrogen-bond acceptors (Lipinski definition) is 5. The van der Waals surface area contributed by atoms with Crippen LogP contribution in [0.1, 0.15) is 43.6 Å². The standard InChI is InChI=1S/C21H25N5/c1-21(2)8-11-25(12-9-21)18-14-22-19-16(24-18)13-23-20(19)26-10-7-15-5-3-4-6-17(15)26/h3-6,14H,7-13H2,1-2H3. The Morgan fingerprint density at radius 3 is 2.69 bits per heavy atom. The average molecular weight is 347 g/mol. The molecule has 1 fully saturated rings. The van der Waals surface area contributed by atoms with Crippen molar-refractivity contribution < 1.29 is 0 Å². The fraction of sp³-hybridized carbons (Fsp3) is 0.476. The topological polar surface area (TPSA) is 44.6 Å². The maximum Gasteiger partial charge on any atom is 0.156 e. The van der Waals surface area contributed by atoms with Gasteiger partial charge in [0, 0.05) is 25.3 Å². The highest BCUT2D eigenvalue weighted by molar-refractivity contribution is 6.11. The number of rotatable bonds is 1. The molecule has 0 radical (unpaired) electrons. The lowest BCUT2D eigenvalue weighted by Crippen LogP contribution is -2.38. The first kappa shape index (κ1) is 15.8. The monoisotopic (exact) mass is 347 g/mol. The van der Waals surface area contributed by atoms with Crippen LogP contribution in [-0.4, -0.2) is 35.4 Å². The maximum absolute atomic E-state index is 4.92. The summed E-state index contributed by atoms with van der Waals surface area (Å²) in [6.07, 6.45) is 5.43. The van der Waals surface area contributed by atoms with Gasteiger partial charge in [0.2, 0.25) is 0 Å². The quantitative estimate of drug-likeness (QED) is 0.793. The van der Waals surface area contributed by atoms with Gasteiger partial charge in [-0.1, -0.05) is 32.0 Å². The first-order valence-corrected chi connectivity index (χ1v) is 9.62. The lowest BCUT2D eigenvalue weighted by Gasteiger charge is -2.37. The number of para-hydroxylation sites is 1. The van der Waals surface area contributed by atoms with Crippen molar-refractivity contribution in [2.45, 2.75) is 39.7 Å². The van der Waals surface area contributed by atoms with Gasteiger partial charge in [0.1, 0.15) is 11.5 Å². The van der Waals surface area contributed by atoms with Gasteiger partial charge in [-0.3, -0.25) is 4.99 Å². The zero-order valence-corrected chi connectivity index (χ0v) is 15.6. The highest BCUT2D eigenvalue weighted by Crippen LogP contribution is 2.33. The Morgan fingerprint density at radius 1 is 1.04 bits per heavy atom. The molecule has 0 aliphatic carbocycles. The molecule has 0 amide bonds. The van der Waals surface area contributed by atoms with Gasteiger partial charge in [-0.05, 0) is 36.3 Å². The summed E-state index contributed by atoms with van der Waals surface area (Å²) in [5.41, 5.74) is 5.09. The van der Waals surface area contributed by atoms with Crippen LogP contribution in [0, 0.1) is 5.41 Å². The minimum Gasteiger partial charge on any atom is -0.355 e. The van der Waals surface area contributed by atoms with Crippen molar-refractivity contribution in [2.24, 2.45) is 10.4 Å². The van der Waals surface area contributed by atoms with Crippen LogP contribution in [0.15, 0.2) is 35.5 Å². The van der Waals surface area contributed by atoms with Crippen molar-refractivity contribution in [2.75, 3.05) is 29.4 Å². The van der Waals surface area contributed by atoms with Gasteiger partial charge in [-0.2, -0.15) is 0 Å². The smallest absolute Gasteiger partial charge is 0.156 e. The van der Waals surface area contributed by atoms with E-state index in [-0.39, 0.29) is 0 Å². The van der Waals surface area contributed by atoms with Gasteiger partial charge in [0.05, 0.1) is 18.4 Å². The lowest BCUT2D eigenvalue weighted by molar-refractivity contribution is 0.279. The SMILES string of the molecule is CC1(C)CCN(c2cnc3c(n2)CN=C3N2CCc3ccccc32)CC1. The summed E-state index contributed by atoms with van der Waals surface area (Å²) in [6.45, 7) is 8.45. The fourth-order valence-electron chi connectivity index (χ4n) is 4.20. The Kier molecular flexibility index (Phi) is 3.52. The summed E-state index contributed by atoms with van der Waals surface area (Å²) in [6, 6.07) is 8.59. The van der Waals surface area contributed by atoms with Crippen molar-refractivity contribution in [1.82, 2.24) is 9.97 Å². The number of aromatic nitrogens is 2. The fourth-order valence-corrected chi connectivity index (χ4v) is 4.20. The molecule has 26 heavy (non-hydrogen) atoms. The molecule has 1 aromatic heterocycles. The van der Waals surface area contributed by atoms with E-state index in [1.807, 2.05) is 6.20 Å². The summed E-state index contributed by atoms with van der Waals surface area (Å²) in [5, 5.41) is 0. The summed E-state index contributed by atoms with van der Waals surface area (Å²) >= 11 is 0. The van der Waals surface area contributed by atoms with E-state index in [9.17, 15) is 0 Å². The third-order valence-corrected chi connectivity index (χ3v) is 6.01. The Balaban J connectivity index is 1.40. The van der Waals surface area contributed by atoms with Gasteiger partial charge in [-0.15, -0.1) is 0 Å². The molecule has 0 bridgehead atoms. The highest BCUT2D eigenvalue weighted by Gasteiger charge is 2.31. The summed E-state index contributed by atoms with van der Waals surface area (Å²) in [5.74, 6) is 2.00. The van der Waals surface area contributed by atoms with E-state index in [2.05, 4.69) is 47.9 Å². The molecule has 0 unspecified atom stereocenters. The number of anilines is 2. The van der Waals surface area contributed by atoms with Gasteiger partial charge in [-0.25, -0.2) is 9.97 Å². The molecule has 1 saturated heterocycles. The van der Waals surface area contributed by atoms with E-state index in [1.54, 1.807) is 0 Å². The van der Waals surface area contributed by atoms with E-state index in [4.69, 9.17) is 15.0 Å². The molecule has 5 heteroatoms. The van der Waals surface area contributed by atoms with E-state index in [1.165, 1.54) is 24.1 Å². The van der Waals surface area contributed by atoms with Crippen LogP contribution in [0.2, 0.25) is 0 Å². The molecule has 0 atom stereocenters. The van der Waals surface area contributed by atoms with Gasteiger partial charge in [0.25, 0.3) is 0 Å². The minimum atomic E-state index is 0.445. The summed E-state index contributed by atoms with van der Waals surface area (Å²) in [4.78, 5) is 19.2. The molecule has 4 heterocycles. The molecule has 5 nitrogen and oxygen atoms in total. The van der Waals surface area contributed by atoms with Crippen LogP contribution in [0.25, 0.3) is 0 Å². The minimum absolute atomic E-state index is 0.445. The predicted molar refractivity (Wildman–Crippen MR) is 105 cm³/mol. The molecule has 0 N–H and O–H groups in total. The van der Waals surface area contributed by atoms with Crippen molar-refractivity contribution in [3.05, 3.63) is 47.4 Å². The normalized spacial score (nSPS) is 20.8. The lowest BCUT2D eigenvalue weighted by atomic mass is 9.83. The number of piperidine rings is 1. The molecule has 1 aromatic carbocycles. The molecular formula is C21H25N5. The number of aliphatic imine (C=N–C) groups is 1. The highest BCUT2D eigenvalue weighted by atomic mass is 15.3. The molecule has 5 rings (SSSR count). The third-order valence-electron chi connectivity index (χ3n) is 6.01. The van der Waals surface area contributed by atoms with E-state index >= 15 is 0 Å². The first-order valence-electron chi connectivity index (χ1n) is 9.62. The van der Waals surface area contributed by atoms with Gasteiger partial charge >= 0.3 is 0 Å². The summed E-state index contributed by atoms with van der Waals surface area (Å²) < 4.78 is 0. The average Bonchev–Trinajstić information content (AvgIpc) is 3.24. The molecule has 3 aliphatic heterocycles. The van der Waals surface area contributed by atoms with Crippen LogP contribution in [-0.2, 0) is 13.0 Å². The molecule has 2 aromatic rings. The van der Waals surface area contributed by atoms with Crippen molar-refractivity contribution in [1.29, 1.82) is 0 Å². The second-order valence-corrected chi connectivity index (χ2v) is 8.34. The molecule has 134 valence electrons. The molecule has 3 aliphatic rings. The largest absolute Gasteiger partial charge is 0.355 e. The number of hydrogen-bond donors (Lipinski definition) is 0. The molecule has 0 spiro atoms. The van der Waals surface area contributed by atoms with Crippen LogP contribution < -0.4 is 9.80 Å².